The summed E-state index contributed by atoms with van der Waals surface area (Å²) in [5.74, 6) is 0.228. The molecule has 2 aliphatic rings. The summed E-state index contributed by atoms with van der Waals surface area (Å²) in [6.07, 6.45) is 3.06. The molecule has 2 aliphatic heterocycles. The van der Waals surface area contributed by atoms with E-state index in [0.29, 0.717) is 25.5 Å². The molecule has 2 fully saturated rings. The van der Waals surface area contributed by atoms with E-state index in [4.69, 9.17) is 9.47 Å². The van der Waals surface area contributed by atoms with Crippen LogP contribution in [0.5, 0.6) is 0 Å². The van der Waals surface area contributed by atoms with E-state index >= 15 is 0 Å². The number of hydrogen-bond donors (Lipinski definition) is 0. The molecule has 1 spiro atoms. The lowest BCUT2D eigenvalue weighted by atomic mass is 10.0. The smallest absolute Gasteiger partial charge is 0.277 e. The molecular formula is C21H26N4O3. The van der Waals surface area contributed by atoms with Gasteiger partial charge in [0.15, 0.2) is 5.79 Å². The van der Waals surface area contributed by atoms with Gasteiger partial charge in [0.1, 0.15) is 17.8 Å². The number of ether oxygens (including phenoxy) is 2. The van der Waals surface area contributed by atoms with Gasteiger partial charge in [0.25, 0.3) is 5.91 Å². The van der Waals surface area contributed by atoms with E-state index in [9.17, 15) is 4.79 Å². The molecule has 7 heteroatoms. The van der Waals surface area contributed by atoms with Gasteiger partial charge in [0.05, 0.1) is 13.2 Å². The molecule has 0 atom stereocenters. The second kappa shape index (κ2) is 7.85. The molecule has 0 aliphatic carbocycles. The molecule has 7 nitrogen and oxygen atoms in total. The number of piperidine rings is 1. The molecule has 28 heavy (non-hydrogen) atoms. The number of hydrogen-bond acceptors (Lipinski definition) is 6. The van der Waals surface area contributed by atoms with Gasteiger partial charge in [-0.1, -0.05) is 12.1 Å². The summed E-state index contributed by atoms with van der Waals surface area (Å²) in [4.78, 5) is 25.6. The minimum atomic E-state index is -0.424. The second-order valence-electron chi connectivity index (χ2n) is 7.24. The largest absolute Gasteiger partial charge is 0.356 e. The number of nitrogens with zero attached hydrogens (tertiary/aromatic N) is 4. The van der Waals surface area contributed by atoms with Crippen LogP contribution in [0.1, 0.15) is 35.8 Å². The monoisotopic (exact) mass is 382 g/mol. The first-order valence-electron chi connectivity index (χ1n) is 9.84. The highest BCUT2D eigenvalue weighted by molar-refractivity contribution is 6.05. The Morgan fingerprint density at radius 1 is 1.18 bits per heavy atom. The predicted molar refractivity (Wildman–Crippen MR) is 107 cm³/mol. The van der Waals surface area contributed by atoms with Crippen LogP contribution in [0, 0.1) is 6.92 Å². The van der Waals surface area contributed by atoms with Crippen LogP contribution in [0.15, 0.2) is 36.7 Å². The molecule has 1 aromatic carbocycles. The summed E-state index contributed by atoms with van der Waals surface area (Å²) in [6.45, 7) is 7.44. The first-order valence-corrected chi connectivity index (χ1v) is 9.84. The maximum atomic E-state index is 13.1. The number of amides is 1. The lowest BCUT2D eigenvalue weighted by Gasteiger charge is -2.38. The normalized spacial score (nSPS) is 18.4. The lowest BCUT2D eigenvalue weighted by Crippen LogP contribution is -2.45. The van der Waals surface area contributed by atoms with Crippen LogP contribution in [0.4, 0.5) is 11.5 Å². The molecule has 0 radical (unpaired) electrons. The molecule has 1 aromatic heterocycles. The van der Waals surface area contributed by atoms with Gasteiger partial charge in [-0.25, -0.2) is 9.97 Å². The zero-order valence-electron chi connectivity index (χ0n) is 16.4. The third kappa shape index (κ3) is 3.72. The molecule has 0 saturated carbocycles. The Hall–Kier alpha value is -2.51. The zero-order valence-corrected chi connectivity index (χ0v) is 16.4. The van der Waals surface area contributed by atoms with Crippen LogP contribution in [-0.2, 0) is 9.47 Å². The summed E-state index contributed by atoms with van der Waals surface area (Å²) in [6, 6.07) is 9.72. The van der Waals surface area contributed by atoms with Gasteiger partial charge in [-0.15, -0.1) is 0 Å². The minimum absolute atomic E-state index is 0.118. The van der Waals surface area contributed by atoms with Gasteiger partial charge in [-0.3, -0.25) is 4.79 Å². The molecule has 0 N–H and O–H groups in total. The quantitative estimate of drug-likeness (QED) is 0.810. The molecule has 4 rings (SSSR count). The molecular weight excluding hydrogens is 356 g/mol. The van der Waals surface area contributed by atoms with Gasteiger partial charge in [0.2, 0.25) is 0 Å². The molecule has 0 bridgehead atoms. The average Bonchev–Trinajstić information content (AvgIpc) is 3.17. The first-order chi connectivity index (χ1) is 13.6. The maximum Gasteiger partial charge on any atom is 0.277 e. The van der Waals surface area contributed by atoms with E-state index in [1.54, 1.807) is 11.0 Å². The maximum absolute atomic E-state index is 13.1. The second-order valence-corrected chi connectivity index (χ2v) is 7.24. The van der Waals surface area contributed by atoms with E-state index in [-0.39, 0.29) is 5.91 Å². The third-order valence-corrected chi connectivity index (χ3v) is 5.41. The Labute approximate surface area is 165 Å². The zero-order chi connectivity index (χ0) is 19.6. The summed E-state index contributed by atoms with van der Waals surface area (Å²) < 4.78 is 11.6. The first kappa shape index (κ1) is 18.8. The molecule has 1 amide bonds. The van der Waals surface area contributed by atoms with Gasteiger partial charge in [0, 0.05) is 44.2 Å². The minimum Gasteiger partial charge on any atom is -0.356 e. The fourth-order valence-electron chi connectivity index (χ4n) is 3.88. The highest BCUT2D eigenvalue weighted by Gasteiger charge is 2.40. The van der Waals surface area contributed by atoms with E-state index in [1.165, 1.54) is 6.33 Å². The number of aryl methyl sites for hydroxylation is 1. The number of carbonyl (C=O) groups is 1. The number of rotatable bonds is 4. The summed E-state index contributed by atoms with van der Waals surface area (Å²) in [5, 5.41) is 0. The molecule has 0 unspecified atom stereocenters. The van der Waals surface area contributed by atoms with Gasteiger partial charge in [-0.2, -0.15) is 0 Å². The Morgan fingerprint density at radius 2 is 1.93 bits per heavy atom. The van der Waals surface area contributed by atoms with E-state index in [0.717, 1.165) is 43.0 Å². The summed E-state index contributed by atoms with van der Waals surface area (Å²) in [5.41, 5.74) is 2.40. The van der Waals surface area contributed by atoms with Crippen molar-refractivity contribution >= 4 is 17.4 Å². The topological polar surface area (TPSA) is 67.8 Å². The predicted octanol–water partition coefficient (Wildman–Crippen LogP) is 2.80. The van der Waals surface area contributed by atoms with Crippen LogP contribution in [0.25, 0.3) is 0 Å². The van der Waals surface area contributed by atoms with Crippen LogP contribution in [0.3, 0.4) is 0 Å². The van der Waals surface area contributed by atoms with E-state index < -0.39 is 5.79 Å². The van der Waals surface area contributed by atoms with Crippen molar-refractivity contribution in [3.63, 3.8) is 0 Å². The van der Waals surface area contributed by atoms with Crippen molar-refractivity contribution in [2.24, 2.45) is 0 Å². The highest BCUT2D eigenvalue weighted by Crippen LogP contribution is 2.32. The van der Waals surface area contributed by atoms with Crippen molar-refractivity contribution in [3.05, 3.63) is 47.9 Å². The Balaban J connectivity index is 1.51. The summed E-state index contributed by atoms with van der Waals surface area (Å²) in [7, 11) is 0. The van der Waals surface area contributed by atoms with Gasteiger partial charge >= 0.3 is 0 Å². The number of carbonyl (C=O) groups excluding carboxylic acids is 1. The van der Waals surface area contributed by atoms with Crippen LogP contribution in [-0.4, -0.2) is 54.5 Å². The Kier molecular flexibility index (Phi) is 5.28. The van der Waals surface area contributed by atoms with Crippen molar-refractivity contribution in [2.45, 2.75) is 32.5 Å². The third-order valence-electron chi connectivity index (χ3n) is 5.41. The highest BCUT2D eigenvalue weighted by atomic mass is 16.7. The van der Waals surface area contributed by atoms with Crippen molar-refractivity contribution in [1.29, 1.82) is 0 Å². The fraction of sp³-hybridized carbons (Fsp3) is 0.476. The van der Waals surface area contributed by atoms with Crippen molar-refractivity contribution < 1.29 is 14.3 Å². The van der Waals surface area contributed by atoms with E-state index in [2.05, 4.69) is 14.9 Å². The molecule has 2 aromatic rings. The summed E-state index contributed by atoms with van der Waals surface area (Å²) >= 11 is 0. The molecule has 3 heterocycles. The number of aromatic nitrogens is 2. The standard InChI is InChI=1S/C21H26N4O3/c1-3-25(17-6-4-5-16(2)13-17)20(26)18-14-19(23-15-22-18)24-9-7-21(8-10-24)27-11-12-28-21/h4-6,13-15H,3,7-12H2,1-2H3. The van der Waals surface area contributed by atoms with Gasteiger partial charge in [-0.05, 0) is 31.5 Å². The van der Waals surface area contributed by atoms with Crippen LogP contribution < -0.4 is 9.80 Å². The van der Waals surface area contributed by atoms with E-state index in [1.807, 2.05) is 38.1 Å². The SMILES string of the molecule is CCN(C(=O)c1cc(N2CCC3(CC2)OCCO3)ncn1)c1cccc(C)c1. The molecule has 2 saturated heterocycles. The Bertz CT molecular complexity index is 841. The van der Waals surface area contributed by atoms with Crippen LogP contribution in [0.2, 0.25) is 0 Å². The van der Waals surface area contributed by atoms with Crippen LogP contribution >= 0.6 is 0 Å². The van der Waals surface area contributed by atoms with Crippen molar-refractivity contribution in [2.75, 3.05) is 42.6 Å². The number of benzene rings is 1. The van der Waals surface area contributed by atoms with Gasteiger partial charge < -0.3 is 19.3 Å². The molecule has 148 valence electrons. The Morgan fingerprint density at radius 3 is 2.61 bits per heavy atom. The number of anilines is 2. The average molecular weight is 382 g/mol. The lowest BCUT2D eigenvalue weighted by molar-refractivity contribution is -0.169. The van der Waals surface area contributed by atoms with Crippen molar-refractivity contribution in [3.8, 4) is 0 Å². The van der Waals surface area contributed by atoms with Crippen molar-refractivity contribution in [1.82, 2.24) is 9.97 Å². The fourth-order valence-corrected chi connectivity index (χ4v) is 3.88.